The second-order valence-corrected chi connectivity index (χ2v) is 10.2. The van der Waals surface area contributed by atoms with Crippen molar-refractivity contribution in [1.82, 2.24) is 25.4 Å². The topological polar surface area (TPSA) is 211 Å². The van der Waals surface area contributed by atoms with E-state index in [2.05, 4.69) is 20.8 Å². The number of thioether (sulfide) groups is 1. The second kappa shape index (κ2) is 11.3. The summed E-state index contributed by atoms with van der Waals surface area (Å²) in [7, 11) is 0. The molecule has 0 saturated carbocycles. The summed E-state index contributed by atoms with van der Waals surface area (Å²) >= 11 is 2.29. The second-order valence-electron chi connectivity index (χ2n) is 8.24. The quantitative estimate of drug-likeness (QED) is 0.0486. The van der Waals surface area contributed by atoms with Gasteiger partial charge >= 0.3 is 5.97 Å². The average molecular weight is 552 g/mol. The van der Waals surface area contributed by atoms with E-state index in [1.807, 2.05) is 0 Å². The largest absolute Gasteiger partial charge is 0.477 e. The molecule has 4 rings (SSSR count). The van der Waals surface area contributed by atoms with Crippen molar-refractivity contribution in [3.8, 4) is 0 Å². The minimum absolute atomic E-state index is 0.000741. The van der Waals surface area contributed by atoms with Gasteiger partial charge in [-0.3, -0.25) is 19.3 Å². The van der Waals surface area contributed by atoms with Gasteiger partial charge in [-0.15, -0.1) is 23.1 Å². The van der Waals surface area contributed by atoms with Crippen LogP contribution in [-0.4, -0.2) is 110 Å². The van der Waals surface area contributed by atoms with Crippen molar-refractivity contribution in [3.63, 3.8) is 0 Å². The Hall–Kier alpha value is -3.47. The number of carboxylic acids is 1. The number of aliphatic hydroxyl groups excluding tert-OH is 1. The Labute approximate surface area is 218 Å². The van der Waals surface area contributed by atoms with Crippen LogP contribution in [0.25, 0.3) is 0 Å². The highest BCUT2D eigenvalue weighted by molar-refractivity contribution is 8.00. The SMILES string of the molecule is Nc1nc(/C(=N/O)C(=O)N[C@@H]2C(=O)N3C(C(=O)O)=C(C=C4CCN(CCNCCO)C4=O)CS[C@H]23)cs1. The lowest BCUT2D eigenvalue weighted by atomic mass is 10.0. The van der Waals surface area contributed by atoms with E-state index in [1.54, 1.807) is 11.0 Å². The molecule has 3 amide bonds. The fourth-order valence-corrected chi connectivity index (χ4v) is 6.07. The Morgan fingerprint density at radius 2 is 2.11 bits per heavy atom. The van der Waals surface area contributed by atoms with E-state index in [-0.39, 0.29) is 34.8 Å². The molecule has 1 aromatic heterocycles. The molecule has 2 saturated heterocycles. The number of nitrogen functional groups attached to an aromatic ring is 1. The fourth-order valence-electron chi connectivity index (χ4n) is 4.22. The van der Waals surface area contributed by atoms with Crippen molar-refractivity contribution >= 4 is 57.6 Å². The first-order valence-electron chi connectivity index (χ1n) is 11.2. The molecule has 2 atom stereocenters. The monoisotopic (exact) mass is 551 g/mol. The number of nitrogens with two attached hydrogens (primary N) is 1. The summed E-state index contributed by atoms with van der Waals surface area (Å²) in [5, 5.41) is 37.3. The number of thiazole rings is 1. The van der Waals surface area contributed by atoms with Gasteiger partial charge in [0.05, 0.1) is 6.61 Å². The Kier molecular flexibility index (Phi) is 8.11. The van der Waals surface area contributed by atoms with Crippen LogP contribution in [0, 0.1) is 0 Å². The van der Waals surface area contributed by atoms with Gasteiger partial charge in [-0.2, -0.15) is 0 Å². The van der Waals surface area contributed by atoms with E-state index in [9.17, 15) is 29.5 Å². The van der Waals surface area contributed by atoms with Gasteiger partial charge in [0.15, 0.2) is 10.8 Å². The number of hydrogen-bond donors (Lipinski definition) is 6. The number of carbonyl (C=O) groups excluding carboxylic acids is 3. The Morgan fingerprint density at radius 1 is 1.32 bits per heavy atom. The van der Waals surface area contributed by atoms with E-state index in [4.69, 9.17) is 10.8 Å². The lowest BCUT2D eigenvalue weighted by Crippen LogP contribution is -2.71. The molecule has 0 spiro atoms. The maximum Gasteiger partial charge on any atom is 0.352 e. The molecule has 16 heteroatoms. The highest BCUT2D eigenvalue weighted by atomic mass is 32.2. The van der Waals surface area contributed by atoms with Crippen molar-refractivity contribution in [2.24, 2.45) is 5.16 Å². The molecule has 3 aliphatic heterocycles. The molecule has 0 aromatic carbocycles. The molecule has 14 nitrogen and oxygen atoms in total. The minimum Gasteiger partial charge on any atom is -0.477 e. The third-order valence-corrected chi connectivity index (χ3v) is 7.95. The molecule has 0 aliphatic carbocycles. The highest BCUT2D eigenvalue weighted by Crippen LogP contribution is 2.41. The van der Waals surface area contributed by atoms with Crippen LogP contribution in [-0.2, 0) is 19.2 Å². The van der Waals surface area contributed by atoms with Gasteiger partial charge in [-0.05, 0) is 18.1 Å². The van der Waals surface area contributed by atoms with E-state index in [0.717, 1.165) is 16.2 Å². The molecular weight excluding hydrogens is 526 g/mol. The molecule has 37 heavy (non-hydrogen) atoms. The van der Waals surface area contributed by atoms with Gasteiger partial charge in [-0.1, -0.05) is 5.16 Å². The number of carboxylic acid groups (broad SMARTS) is 1. The van der Waals surface area contributed by atoms with E-state index >= 15 is 0 Å². The number of rotatable bonds is 10. The number of hydrogen-bond acceptors (Lipinski definition) is 12. The first-order valence-corrected chi connectivity index (χ1v) is 13.2. The van der Waals surface area contributed by atoms with Crippen molar-refractivity contribution < 1.29 is 34.6 Å². The predicted octanol–water partition coefficient (Wildman–Crippen LogP) is -1.62. The summed E-state index contributed by atoms with van der Waals surface area (Å²) in [6.45, 7) is 1.90. The molecule has 198 valence electrons. The van der Waals surface area contributed by atoms with E-state index in [0.29, 0.717) is 43.7 Å². The third kappa shape index (κ3) is 5.31. The van der Waals surface area contributed by atoms with Crippen molar-refractivity contribution in [3.05, 3.63) is 34.0 Å². The number of allylic oxidation sites excluding steroid dienone is 1. The summed E-state index contributed by atoms with van der Waals surface area (Å²) in [5.41, 5.74) is 5.75. The average Bonchev–Trinajstić information content (AvgIpc) is 3.45. The Balaban J connectivity index is 1.47. The number of anilines is 1. The van der Waals surface area contributed by atoms with Crippen molar-refractivity contribution in [1.29, 1.82) is 0 Å². The van der Waals surface area contributed by atoms with Crippen LogP contribution >= 0.6 is 23.1 Å². The van der Waals surface area contributed by atoms with Gasteiger partial charge in [0.1, 0.15) is 22.8 Å². The molecule has 7 N–H and O–H groups in total. The molecule has 0 bridgehead atoms. The van der Waals surface area contributed by atoms with E-state index < -0.39 is 34.9 Å². The summed E-state index contributed by atoms with van der Waals surface area (Å²) in [6.07, 6.45) is 1.98. The van der Waals surface area contributed by atoms with Crippen molar-refractivity contribution in [2.45, 2.75) is 17.8 Å². The van der Waals surface area contributed by atoms with Crippen LogP contribution in [0.2, 0.25) is 0 Å². The molecular formula is C21H25N7O7S2. The van der Waals surface area contributed by atoms with E-state index in [1.165, 1.54) is 17.1 Å². The number of nitrogens with one attached hydrogen (secondary N) is 2. The number of aromatic nitrogens is 1. The van der Waals surface area contributed by atoms with Gasteiger partial charge in [0.2, 0.25) is 5.91 Å². The van der Waals surface area contributed by atoms with Gasteiger partial charge in [0.25, 0.3) is 11.8 Å². The van der Waals surface area contributed by atoms with Gasteiger partial charge < -0.3 is 36.7 Å². The number of likely N-dealkylation sites (tertiary alicyclic amines) is 1. The molecule has 0 unspecified atom stereocenters. The number of β-lactam (4-membered cyclic amide) rings is 1. The zero-order valence-electron chi connectivity index (χ0n) is 19.4. The number of oxime groups is 1. The summed E-state index contributed by atoms with van der Waals surface area (Å²) in [4.78, 5) is 57.1. The standard InChI is InChI=1S/C21H25N7O7S2/c22-21-24-12(9-37-21)13(26-35)16(30)25-14-18(32)28-15(20(33)34)11(8-36-19(14)28)7-10-1-4-27(17(10)31)5-2-23-3-6-29/h7,9,14,19,23,29,35H,1-6,8H2,(H2,22,24)(H,25,30)(H,33,34)/b10-7?,26-13-/t14-,19-/m1/s1. The van der Waals surface area contributed by atoms with Crippen LogP contribution in [0.5, 0.6) is 0 Å². The maximum atomic E-state index is 12.9. The zero-order valence-corrected chi connectivity index (χ0v) is 21.0. The molecule has 1 aromatic rings. The van der Waals surface area contributed by atoms with Crippen LogP contribution in [0.3, 0.4) is 0 Å². The number of aliphatic hydroxyl groups is 1. The van der Waals surface area contributed by atoms with Crippen LogP contribution in [0.4, 0.5) is 5.13 Å². The predicted molar refractivity (Wildman–Crippen MR) is 134 cm³/mol. The summed E-state index contributed by atoms with van der Waals surface area (Å²) in [6, 6.07) is -1.04. The van der Waals surface area contributed by atoms with Gasteiger partial charge in [-0.25, -0.2) is 9.78 Å². The fraction of sp³-hybridized carbons (Fsp3) is 0.429. The molecule has 2 fully saturated rings. The number of carbonyl (C=O) groups is 4. The van der Waals surface area contributed by atoms with Crippen molar-refractivity contribution in [2.75, 3.05) is 44.3 Å². The van der Waals surface area contributed by atoms with Crippen LogP contribution < -0.4 is 16.4 Å². The summed E-state index contributed by atoms with van der Waals surface area (Å²) in [5.74, 6) is -2.80. The Morgan fingerprint density at radius 3 is 2.76 bits per heavy atom. The first-order chi connectivity index (χ1) is 17.8. The maximum absolute atomic E-state index is 12.9. The van der Waals surface area contributed by atoms with Crippen LogP contribution in [0.15, 0.2) is 33.5 Å². The smallest absolute Gasteiger partial charge is 0.352 e. The summed E-state index contributed by atoms with van der Waals surface area (Å²) < 4.78 is 0. The number of fused-ring (bicyclic) bond motifs is 1. The lowest BCUT2D eigenvalue weighted by Gasteiger charge is -2.49. The molecule has 0 radical (unpaired) electrons. The number of amides is 3. The molecule has 3 aliphatic rings. The normalized spacial score (nSPS) is 22.9. The number of nitrogens with zero attached hydrogens (tertiary/aromatic N) is 4. The highest BCUT2D eigenvalue weighted by Gasteiger charge is 2.54. The third-order valence-electron chi connectivity index (χ3n) is 5.98. The molecule has 4 heterocycles. The number of aliphatic carboxylic acids is 1. The zero-order chi connectivity index (χ0) is 26.7. The first kappa shape index (κ1) is 26.6. The lowest BCUT2D eigenvalue weighted by molar-refractivity contribution is -0.150. The minimum atomic E-state index is -1.32. The Bertz CT molecular complexity index is 1210. The van der Waals surface area contributed by atoms with Crippen LogP contribution in [0.1, 0.15) is 12.1 Å². The van der Waals surface area contributed by atoms with Gasteiger partial charge in [0, 0.05) is 42.9 Å².